The van der Waals surface area contributed by atoms with Crippen molar-refractivity contribution >= 4 is 50.1 Å². The van der Waals surface area contributed by atoms with Gasteiger partial charge in [0, 0.05) is 10.0 Å². The molecule has 0 fully saturated rings. The number of carbonyl (C=O) groups excluding carboxylic acids is 1. The maximum Gasteiger partial charge on any atom is 0.255 e. The molecule has 23 heavy (non-hydrogen) atoms. The lowest BCUT2D eigenvalue weighted by Crippen LogP contribution is -2.13. The molecule has 0 unspecified atom stereocenters. The lowest BCUT2D eigenvalue weighted by Gasteiger charge is -2.14. The Morgan fingerprint density at radius 3 is 2.70 bits per heavy atom. The molecule has 0 aliphatic rings. The molecular formula is C17H17BrINO3. The molecular weight excluding hydrogens is 473 g/mol. The van der Waals surface area contributed by atoms with Gasteiger partial charge in [-0.1, -0.05) is 19.1 Å². The monoisotopic (exact) mass is 489 g/mol. The van der Waals surface area contributed by atoms with Gasteiger partial charge in [-0.2, -0.15) is 0 Å². The molecule has 2 aromatic carbocycles. The van der Waals surface area contributed by atoms with Crippen LogP contribution >= 0.6 is 38.5 Å². The van der Waals surface area contributed by atoms with Crippen molar-refractivity contribution in [3.05, 3.63) is 50.0 Å². The summed E-state index contributed by atoms with van der Waals surface area (Å²) in [6.07, 6.45) is 0.906. The average molecular weight is 490 g/mol. The Bertz CT molecular complexity index is 706. The van der Waals surface area contributed by atoms with Gasteiger partial charge >= 0.3 is 0 Å². The summed E-state index contributed by atoms with van der Waals surface area (Å²) in [5.74, 6) is 1.03. The van der Waals surface area contributed by atoms with Crippen molar-refractivity contribution in [2.24, 2.45) is 0 Å². The smallest absolute Gasteiger partial charge is 0.255 e. The lowest BCUT2D eigenvalue weighted by atomic mass is 10.2. The Morgan fingerprint density at radius 2 is 2.04 bits per heavy atom. The number of hydrogen-bond acceptors (Lipinski definition) is 3. The molecule has 4 nitrogen and oxygen atoms in total. The lowest BCUT2D eigenvalue weighted by molar-refractivity contribution is 0.102. The second kappa shape index (κ2) is 8.54. The van der Waals surface area contributed by atoms with Crippen LogP contribution in [0.15, 0.2) is 40.9 Å². The van der Waals surface area contributed by atoms with Crippen LogP contribution in [0.3, 0.4) is 0 Å². The van der Waals surface area contributed by atoms with Gasteiger partial charge in [-0.25, -0.2) is 0 Å². The zero-order valence-corrected chi connectivity index (χ0v) is 16.6. The fourth-order valence-electron chi connectivity index (χ4n) is 1.95. The van der Waals surface area contributed by atoms with Crippen molar-refractivity contribution in [3.8, 4) is 11.5 Å². The topological polar surface area (TPSA) is 47.6 Å². The molecule has 122 valence electrons. The molecule has 2 aromatic rings. The molecule has 0 bridgehead atoms. The Hall–Kier alpha value is -1.28. The van der Waals surface area contributed by atoms with E-state index >= 15 is 0 Å². The number of amides is 1. The van der Waals surface area contributed by atoms with Crippen LogP contribution in [0.1, 0.15) is 23.7 Å². The summed E-state index contributed by atoms with van der Waals surface area (Å²) in [6.45, 7) is 2.65. The number of nitrogens with one attached hydrogen (secondary N) is 1. The number of para-hydroxylation sites is 1. The third-order valence-electron chi connectivity index (χ3n) is 3.06. The first kappa shape index (κ1) is 18.1. The SMILES string of the molecule is CCCOc1c(I)cc(C(=O)Nc2ccccc2Br)cc1OC. The minimum Gasteiger partial charge on any atom is -0.493 e. The summed E-state index contributed by atoms with van der Waals surface area (Å²) in [4.78, 5) is 12.5. The maximum atomic E-state index is 12.5. The molecule has 1 N–H and O–H groups in total. The molecule has 0 aliphatic carbocycles. The van der Waals surface area contributed by atoms with Gasteiger partial charge in [0.1, 0.15) is 0 Å². The van der Waals surface area contributed by atoms with Crippen molar-refractivity contribution in [2.45, 2.75) is 13.3 Å². The highest BCUT2D eigenvalue weighted by Crippen LogP contribution is 2.34. The van der Waals surface area contributed by atoms with Crippen LogP contribution in [-0.4, -0.2) is 19.6 Å². The third-order valence-corrected chi connectivity index (χ3v) is 4.56. The van der Waals surface area contributed by atoms with Crippen molar-refractivity contribution in [1.29, 1.82) is 0 Å². The molecule has 6 heteroatoms. The number of halogens is 2. The summed E-state index contributed by atoms with van der Waals surface area (Å²) in [7, 11) is 1.57. The first-order chi connectivity index (χ1) is 11.1. The van der Waals surface area contributed by atoms with E-state index in [-0.39, 0.29) is 5.91 Å². The van der Waals surface area contributed by atoms with Crippen LogP contribution in [0.4, 0.5) is 5.69 Å². The van der Waals surface area contributed by atoms with Crippen LogP contribution in [0, 0.1) is 3.57 Å². The van der Waals surface area contributed by atoms with Gasteiger partial charge in [0.25, 0.3) is 5.91 Å². The quantitative estimate of drug-likeness (QED) is 0.574. The van der Waals surface area contributed by atoms with E-state index in [4.69, 9.17) is 9.47 Å². The summed E-state index contributed by atoms with van der Waals surface area (Å²) in [5.41, 5.74) is 1.24. The average Bonchev–Trinajstić information content (AvgIpc) is 2.55. The number of methoxy groups -OCH3 is 1. The van der Waals surface area contributed by atoms with E-state index < -0.39 is 0 Å². The second-order valence-electron chi connectivity index (χ2n) is 4.77. The molecule has 0 saturated carbocycles. The Kier molecular flexibility index (Phi) is 6.71. The largest absolute Gasteiger partial charge is 0.493 e. The predicted molar refractivity (Wildman–Crippen MR) is 104 cm³/mol. The van der Waals surface area contributed by atoms with Crippen molar-refractivity contribution in [3.63, 3.8) is 0 Å². The first-order valence-electron chi connectivity index (χ1n) is 7.13. The fourth-order valence-corrected chi connectivity index (χ4v) is 3.09. The van der Waals surface area contributed by atoms with E-state index in [0.29, 0.717) is 23.7 Å². The van der Waals surface area contributed by atoms with Crippen molar-refractivity contribution in [1.82, 2.24) is 0 Å². The second-order valence-corrected chi connectivity index (χ2v) is 6.79. The molecule has 0 radical (unpaired) electrons. The van der Waals surface area contributed by atoms with Crippen molar-refractivity contribution < 1.29 is 14.3 Å². The highest BCUT2D eigenvalue weighted by molar-refractivity contribution is 14.1. The van der Waals surface area contributed by atoms with Crippen LogP contribution in [-0.2, 0) is 0 Å². The number of benzene rings is 2. The Balaban J connectivity index is 2.27. The van der Waals surface area contributed by atoms with Crippen LogP contribution in [0.2, 0.25) is 0 Å². The fraction of sp³-hybridized carbons (Fsp3) is 0.235. The van der Waals surface area contributed by atoms with Crippen LogP contribution in [0.5, 0.6) is 11.5 Å². The van der Waals surface area contributed by atoms with Crippen molar-refractivity contribution in [2.75, 3.05) is 19.0 Å². The zero-order valence-electron chi connectivity index (χ0n) is 12.9. The molecule has 0 aliphatic heterocycles. The van der Waals surface area contributed by atoms with Crippen LogP contribution in [0.25, 0.3) is 0 Å². The highest BCUT2D eigenvalue weighted by atomic mass is 127. The molecule has 0 heterocycles. The number of hydrogen-bond donors (Lipinski definition) is 1. The Morgan fingerprint density at radius 1 is 1.30 bits per heavy atom. The zero-order chi connectivity index (χ0) is 16.8. The minimum absolute atomic E-state index is 0.199. The van der Waals surface area contributed by atoms with E-state index in [1.54, 1.807) is 19.2 Å². The number of ether oxygens (including phenoxy) is 2. The number of carbonyl (C=O) groups is 1. The van der Waals surface area contributed by atoms with Gasteiger partial charge in [-0.05, 0) is 69.2 Å². The Labute approximate surface area is 157 Å². The summed E-state index contributed by atoms with van der Waals surface area (Å²) < 4.78 is 12.7. The third kappa shape index (κ3) is 4.60. The molecule has 0 spiro atoms. The van der Waals surface area contributed by atoms with E-state index in [1.165, 1.54) is 0 Å². The highest BCUT2D eigenvalue weighted by Gasteiger charge is 2.16. The summed E-state index contributed by atoms with van der Waals surface area (Å²) >= 11 is 5.57. The van der Waals surface area contributed by atoms with E-state index in [0.717, 1.165) is 20.2 Å². The normalized spacial score (nSPS) is 10.3. The molecule has 0 saturated heterocycles. The maximum absolute atomic E-state index is 12.5. The van der Waals surface area contributed by atoms with Gasteiger partial charge < -0.3 is 14.8 Å². The minimum atomic E-state index is -0.199. The number of anilines is 1. The van der Waals surface area contributed by atoms with Gasteiger partial charge in [0.15, 0.2) is 11.5 Å². The van der Waals surface area contributed by atoms with Gasteiger partial charge in [0.05, 0.1) is 23.0 Å². The summed E-state index contributed by atoms with van der Waals surface area (Å²) in [6, 6.07) is 11.0. The van der Waals surface area contributed by atoms with Gasteiger partial charge in [0.2, 0.25) is 0 Å². The predicted octanol–water partition coefficient (Wildman–Crippen LogP) is 5.10. The standard InChI is InChI=1S/C17H17BrINO3/c1-3-8-23-16-13(19)9-11(10-15(16)22-2)17(21)20-14-7-5-4-6-12(14)18/h4-7,9-10H,3,8H2,1-2H3,(H,20,21). The molecule has 0 atom stereocenters. The first-order valence-corrected chi connectivity index (χ1v) is 9.00. The van der Waals surface area contributed by atoms with E-state index in [2.05, 4.69) is 43.8 Å². The van der Waals surface area contributed by atoms with Gasteiger partial charge in [-0.3, -0.25) is 4.79 Å². The molecule has 1 amide bonds. The van der Waals surface area contributed by atoms with E-state index in [1.807, 2.05) is 31.2 Å². The summed E-state index contributed by atoms with van der Waals surface area (Å²) in [5, 5.41) is 2.88. The molecule has 2 rings (SSSR count). The van der Waals surface area contributed by atoms with E-state index in [9.17, 15) is 4.79 Å². The van der Waals surface area contributed by atoms with Gasteiger partial charge in [-0.15, -0.1) is 0 Å². The number of rotatable bonds is 6. The van der Waals surface area contributed by atoms with Crippen LogP contribution < -0.4 is 14.8 Å². The molecule has 0 aromatic heterocycles.